The number of Topliss-reactive ketones (excluding diaryl/α,β-unsaturated/α-hetero) is 1. The lowest BCUT2D eigenvalue weighted by Gasteiger charge is -2.18. The fraction of sp³-hybridized carbons (Fsp3) is 0.0938. The molecule has 4 aromatic carbocycles. The van der Waals surface area contributed by atoms with Gasteiger partial charge in [0, 0.05) is 42.0 Å². The van der Waals surface area contributed by atoms with E-state index in [-0.39, 0.29) is 17.9 Å². The number of anilines is 3. The third-order valence-corrected chi connectivity index (χ3v) is 6.51. The first-order chi connectivity index (χ1) is 19.7. The number of amides is 2. The van der Waals surface area contributed by atoms with Crippen molar-refractivity contribution in [1.29, 1.82) is 0 Å². The van der Waals surface area contributed by atoms with Crippen LogP contribution in [-0.4, -0.2) is 29.9 Å². The highest BCUT2D eigenvalue weighted by Crippen LogP contribution is 2.31. The van der Waals surface area contributed by atoms with E-state index >= 15 is 0 Å². The first kappa shape index (κ1) is 28.7. The third kappa shape index (κ3) is 7.02. The van der Waals surface area contributed by atoms with Crippen LogP contribution in [0, 0.1) is 17.6 Å². The molecule has 9 heteroatoms. The summed E-state index contributed by atoms with van der Waals surface area (Å²) in [7, 11) is 1.73. The van der Waals surface area contributed by atoms with E-state index in [0.29, 0.717) is 28.5 Å². The Labute approximate surface area is 235 Å². The SMILES string of the molecule is C=C(c1ccccc1NC)C(CC(=O)c1ccc(-c2ccc(NC(=O)Nc3ccc(F)cc3F)cc2)cc1)C(=O)O. The largest absolute Gasteiger partial charge is 0.481 e. The summed E-state index contributed by atoms with van der Waals surface area (Å²) >= 11 is 0. The number of hydrogen-bond acceptors (Lipinski definition) is 4. The van der Waals surface area contributed by atoms with Crippen LogP contribution in [0.3, 0.4) is 0 Å². The second kappa shape index (κ2) is 12.7. The number of benzene rings is 4. The molecule has 41 heavy (non-hydrogen) atoms. The maximum Gasteiger partial charge on any atom is 0.323 e. The lowest BCUT2D eigenvalue weighted by Crippen LogP contribution is -2.20. The highest BCUT2D eigenvalue weighted by Gasteiger charge is 2.27. The van der Waals surface area contributed by atoms with Gasteiger partial charge in [0.2, 0.25) is 0 Å². The number of carboxylic acids is 1. The Bertz CT molecular complexity index is 1600. The Hall–Kier alpha value is -5.31. The Balaban J connectivity index is 1.40. The first-order valence-electron chi connectivity index (χ1n) is 12.6. The second-order valence-electron chi connectivity index (χ2n) is 9.20. The minimum atomic E-state index is -1.13. The van der Waals surface area contributed by atoms with Gasteiger partial charge in [0.1, 0.15) is 11.6 Å². The molecule has 4 N–H and O–H groups in total. The molecule has 0 radical (unpaired) electrons. The summed E-state index contributed by atoms with van der Waals surface area (Å²) in [6, 6.07) is 22.9. The molecule has 0 saturated carbocycles. The minimum absolute atomic E-state index is 0.156. The van der Waals surface area contributed by atoms with Crippen molar-refractivity contribution in [3.63, 3.8) is 0 Å². The maximum absolute atomic E-state index is 13.8. The van der Waals surface area contributed by atoms with E-state index in [1.807, 2.05) is 12.1 Å². The van der Waals surface area contributed by atoms with E-state index in [0.717, 1.165) is 28.9 Å². The molecule has 4 rings (SSSR count). The van der Waals surface area contributed by atoms with Gasteiger partial charge in [-0.15, -0.1) is 0 Å². The molecular weight excluding hydrogens is 528 g/mol. The summed E-state index contributed by atoms with van der Waals surface area (Å²) in [5.74, 6) is -4.18. The van der Waals surface area contributed by atoms with E-state index in [4.69, 9.17) is 0 Å². The van der Waals surface area contributed by atoms with E-state index < -0.39 is 29.6 Å². The first-order valence-corrected chi connectivity index (χ1v) is 12.6. The molecule has 0 fully saturated rings. The normalized spacial score (nSPS) is 11.3. The van der Waals surface area contributed by atoms with Crippen molar-refractivity contribution in [2.24, 2.45) is 5.92 Å². The van der Waals surface area contributed by atoms with Gasteiger partial charge in [-0.05, 0) is 47.0 Å². The predicted octanol–water partition coefficient (Wildman–Crippen LogP) is 7.30. The molecular formula is C32H27F2N3O4. The van der Waals surface area contributed by atoms with Gasteiger partial charge in [-0.1, -0.05) is 61.2 Å². The van der Waals surface area contributed by atoms with Crippen LogP contribution in [0.15, 0.2) is 97.6 Å². The van der Waals surface area contributed by atoms with Crippen LogP contribution in [0.2, 0.25) is 0 Å². The molecule has 2 amide bonds. The monoisotopic (exact) mass is 555 g/mol. The molecule has 208 valence electrons. The molecule has 0 bridgehead atoms. The minimum Gasteiger partial charge on any atom is -0.481 e. The molecule has 0 aliphatic heterocycles. The van der Waals surface area contributed by atoms with Gasteiger partial charge in [0.15, 0.2) is 5.78 Å². The van der Waals surface area contributed by atoms with Gasteiger partial charge in [-0.3, -0.25) is 9.59 Å². The standard InChI is InChI=1S/C32H27F2N3O4/c1-19(25-5-3-4-6-28(25)35-2)26(31(39)40)18-30(38)22-9-7-20(8-10-22)21-11-14-24(15-12-21)36-32(41)37-29-16-13-23(33)17-27(29)34/h3-17,26,35H,1,18H2,2H3,(H,39,40)(H2,36,37,41). The zero-order valence-corrected chi connectivity index (χ0v) is 22.1. The zero-order valence-electron chi connectivity index (χ0n) is 22.1. The van der Waals surface area contributed by atoms with Crippen LogP contribution in [-0.2, 0) is 4.79 Å². The Morgan fingerprint density at radius 1 is 0.829 bits per heavy atom. The molecule has 0 saturated heterocycles. The molecule has 0 spiro atoms. The number of carbonyl (C=O) groups is 3. The van der Waals surface area contributed by atoms with Crippen LogP contribution >= 0.6 is 0 Å². The molecule has 0 aromatic heterocycles. The summed E-state index contributed by atoms with van der Waals surface area (Å²) in [6.07, 6.45) is -0.240. The van der Waals surface area contributed by atoms with E-state index in [1.165, 1.54) is 0 Å². The van der Waals surface area contributed by atoms with Crippen LogP contribution in [0.1, 0.15) is 22.3 Å². The predicted molar refractivity (Wildman–Crippen MR) is 156 cm³/mol. The Kier molecular flexibility index (Phi) is 8.88. The lowest BCUT2D eigenvalue weighted by atomic mass is 9.87. The zero-order chi connectivity index (χ0) is 29.5. The number of carboxylic acid groups (broad SMARTS) is 1. The molecule has 0 aliphatic rings. The highest BCUT2D eigenvalue weighted by atomic mass is 19.1. The maximum atomic E-state index is 13.8. The number of rotatable bonds is 10. The number of carbonyl (C=O) groups excluding carboxylic acids is 2. The summed E-state index contributed by atoms with van der Waals surface area (Å²) in [4.78, 5) is 37.2. The fourth-order valence-electron chi connectivity index (χ4n) is 4.30. The van der Waals surface area contributed by atoms with Crippen molar-refractivity contribution in [2.45, 2.75) is 6.42 Å². The van der Waals surface area contributed by atoms with Crippen LogP contribution in [0.25, 0.3) is 16.7 Å². The number of para-hydroxylation sites is 1. The molecule has 0 heterocycles. The van der Waals surface area contributed by atoms with E-state index in [1.54, 1.807) is 67.7 Å². The summed E-state index contributed by atoms with van der Waals surface area (Å²) in [6.45, 7) is 3.97. The number of hydrogen-bond donors (Lipinski definition) is 4. The van der Waals surface area contributed by atoms with Crippen LogP contribution < -0.4 is 16.0 Å². The summed E-state index contributed by atoms with van der Waals surface area (Å²) < 4.78 is 26.8. The number of ketones is 1. The Morgan fingerprint density at radius 2 is 1.46 bits per heavy atom. The van der Waals surface area contributed by atoms with Crippen molar-refractivity contribution in [3.05, 3.63) is 120 Å². The van der Waals surface area contributed by atoms with Crippen molar-refractivity contribution >= 4 is 40.4 Å². The third-order valence-electron chi connectivity index (χ3n) is 6.51. The second-order valence-corrected chi connectivity index (χ2v) is 9.20. The average molecular weight is 556 g/mol. The fourth-order valence-corrected chi connectivity index (χ4v) is 4.30. The molecule has 4 aromatic rings. The van der Waals surface area contributed by atoms with E-state index in [9.17, 15) is 28.3 Å². The number of aliphatic carboxylic acids is 1. The Morgan fingerprint density at radius 3 is 2.07 bits per heavy atom. The van der Waals surface area contributed by atoms with Gasteiger partial charge >= 0.3 is 12.0 Å². The highest BCUT2D eigenvalue weighted by molar-refractivity contribution is 6.02. The molecule has 1 unspecified atom stereocenters. The van der Waals surface area contributed by atoms with Crippen molar-refractivity contribution in [3.8, 4) is 11.1 Å². The molecule has 0 aliphatic carbocycles. The van der Waals surface area contributed by atoms with Crippen LogP contribution in [0.4, 0.5) is 30.6 Å². The quantitative estimate of drug-likeness (QED) is 0.154. The van der Waals surface area contributed by atoms with Gasteiger partial charge in [-0.2, -0.15) is 0 Å². The van der Waals surface area contributed by atoms with Crippen molar-refractivity contribution in [1.82, 2.24) is 0 Å². The summed E-state index contributed by atoms with van der Waals surface area (Å²) in [5, 5.41) is 17.8. The van der Waals surface area contributed by atoms with E-state index in [2.05, 4.69) is 22.5 Å². The topological polar surface area (TPSA) is 108 Å². The van der Waals surface area contributed by atoms with Crippen molar-refractivity contribution < 1.29 is 28.3 Å². The lowest BCUT2D eigenvalue weighted by molar-refractivity contribution is -0.139. The number of halogens is 2. The van der Waals surface area contributed by atoms with Crippen molar-refractivity contribution in [2.75, 3.05) is 23.0 Å². The number of nitrogens with one attached hydrogen (secondary N) is 3. The smallest absolute Gasteiger partial charge is 0.323 e. The average Bonchev–Trinajstić information content (AvgIpc) is 2.97. The van der Waals surface area contributed by atoms with Crippen LogP contribution in [0.5, 0.6) is 0 Å². The molecule has 1 atom stereocenters. The number of urea groups is 1. The molecule has 7 nitrogen and oxygen atoms in total. The summed E-state index contributed by atoms with van der Waals surface area (Å²) in [5.41, 5.74) is 3.98. The van der Waals surface area contributed by atoms with Gasteiger partial charge in [0.05, 0.1) is 11.6 Å². The van der Waals surface area contributed by atoms with Gasteiger partial charge in [0.25, 0.3) is 0 Å². The van der Waals surface area contributed by atoms with Gasteiger partial charge in [-0.25, -0.2) is 13.6 Å². The van der Waals surface area contributed by atoms with Gasteiger partial charge < -0.3 is 21.1 Å².